The maximum Gasteiger partial charge on any atom is 0.228 e. The summed E-state index contributed by atoms with van der Waals surface area (Å²) in [6.07, 6.45) is 1.95. The van der Waals surface area contributed by atoms with Gasteiger partial charge in [-0.05, 0) is 24.6 Å². The van der Waals surface area contributed by atoms with E-state index < -0.39 is 0 Å². The molecule has 0 saturated heterocycles. The largest absolute Gasteiger partial charge is 0.397 e. The molecule has 5 nitrogen and oxygen atoms in total. The molecule has 0 fully saturated rings. The Kier molecular flexibility index (Phi) is 3.22. The first-order chi connectivity index (χ1) is 8.16. The Morgan fingerprint density at radius 2 is 2.29 bits per heavy atom. The van der Waals surface area contributed by atoms with Gasteiger partial charge in [0.2, 0.25) is 5.89 Å². The molecular formula is C11H13FN4O. The predicted octanol–water partition coefficient (Wildman–Crippen LogP) is 1.75. The van der Waals surface area contributed by atoms with Crippen molar-refractivity contribution >= 4 is 11.4 Å². The summed E-state index contributed by atoms with van der Waals surface area (Å²) >= 11 is 0. The van der Waals surface area contributed by atoms with Crippen molar-refractivity contribution in [1.82, 2.24) is 10.1 Å². The first kappa shape index (κ1) is 11.4. The maximum atomic E-state index is 13.2. The van der Waals surface area contributed by atoms with Crippen molar-refractivity contribution < 1.29 is 8.91 Å². The van der Waals surface area contributed by atoms with Gasteiger partial charge in [-0.2, -0.15) is 4.98 Å². The molecule has 1 aromatic heterocycles. The van der Waals surface area contributed by atoms with E-state index >= 15 is 0 Å². The molecule has 0 aliphatic carbocycles. The van der Waals surface area contributed by atoms with Crippen LogP contribution in [0.2, 0.25) is 0 Å². The Labute approximate surface area is 97.8 Å². The number of rotatable bonds is 4. The standard InChI is InChI=1S/C11H13FN4O/c1-7-4-10(9(13)5-8(7)12)14-3-2-11-15-6-16-17-11/h4-6,14H,2-3,13H2,1H3. The Morgan fingerprint density at radius 3 is 3.00 bits per heavy atom. The third-order valence-corrected chi connectivity index (χ3v) is 2.39. The third-order valence-electron chi connectivity index (χ3n) is 2.39. The summed E-state index contributed by atoms with van der Waals surface area (Å²) in [5.74, 6) is 0.250. The highest BCUT2D eigenvalue weighted by atomic mass is 19.1. The number of nitrogens with one attached hydrogen (secondary N) is 1. The molecule has 0 aliphatic rings. The number of nitrogens with two attached hydrogens (primary N) is 1. The fourth-order valence-corrected chi connectivity index (χ4v) is 1.46. The van der Waals surface area contributed by atoms with Crippen molar-refractivity contribution in [2.45, 2.75) is 13.3 Å². The van der Waals surface area contributed by atoms with Gasteiger partial charge in [0.25, 0.3) is 0 Å². The zero-order valence-electron chi connectivity index (χ0n) is 9.40. The summed E-state index contributed by atoms with van der Waals surface area (Å²) in [6, 6.07) is 2.99. The number of hydrogen-bond acceptors (Lipinski definition) is 5. The molecule has 2 aromatic rings. The van der Waals surface area contributed by atoms with Crippen LogP contribution in [0, 0.1) is 12.7 Å². The van der Waals surface area contributed by atoms with Crippen LogP contribution in [0.4, 0.5) is 15.8 Å². The molecule has 17 heavy (non-hydrogen) atoms. The lowest BCUT2D eigenvalue weighted by Crippen LogP contribution is -2.07. The maximum absolute atomic E-state index is 13.2. The van der Waals surface area contributed by atoms with E-state index in [1.165, 1.54) is 12.4 Å². The molecule has 1 heterocycles. The van der Waals surface area contributed by atoms with Crippen LogP contribution in [-0.4, -0.2) is 16.7 Å². The van der Waals surface area contributed by atoms with E-state index in [-0.39, 0.29) is 5.82 Å². The number of aryl methyl sites for hydroxylation is 1. The molecule has 0 bridgehead atoms. The SMILES string of the molecule is Cc1cc(NCCc2ncno2)c(N)cc1F. The van der Waals surface area contributed by atoms with Crippen molar-refractivity contribution in [1.29, 1.82) is 0 Å². The third kappa shape index (κ3) is 2.72. The summed E-state index contributed by atoms with van der Waals surface area (Å²) in [4.78, 5) is 3.89. The lowest BCUT2D eigenvalue weighted by molar-refractivity contribution is 0.380. The molecule has 90 valence electrons. The van der Waals surface area contributed by atoms with Crippen molar-refractivity contribution in [3.8, 4) is 0 Å². The molecule has 0 aliphatic heterocycles. The van der Waals surface area contributed by atoms with Crippen LogP contribution in [0.3, 0.4) is 0 Å². The van der Waals surface area contributed by atoms with E-state index in [0.29, 0.717) is 35.8 Å². The molecule has 0 atom stereocenters. The van der Waals surface area contributed by atoms with Crippen molar-refractivity contribution in [3.63, 3.8) is 0 Å². The van der Waals surface area contributed by atoms with Gasteiger partial charge in [-0.3, -0.25) is 0 Å². The summed E-state index contributed by atoms with van der Waals surface area (Å²) in [5.41, 5.74) is 7.35. The fraction of sp³-hybridized carbons (Fsp3) is 0.273. The zero-order chi connectivity index (χ0) is 12.3. The highest BCUT2D eigenvalue weighted by Crippen LogP contribution is 2.22. The van der Waals surface area contributed by atoms with E-state index in [1.54, 1.807) is 13.0 Å². The van der Waals surface area contributed by atoms with Crippen molar-refractivity contribution in [2.24, 2.45) is 0 Å². The molecule has 3 N–H and O–H groups in total. The second kappa shape index (κ2) is 4.82. The number of nitrogen functional groups attached to an aromatic ring is 1. The van der Waals surface area contributed by atoms with Gasteiger partial charge in [-0.25, -0.2) is 4.39 Å². The van der Waals surface area contributed by atoms with Crippen molar-refractivity contribution in [3.05, 3.63) is 35.7 Å². The number of hydrogen-bond donors (Lipinski definition) is 2. The van der Waals surface area contributed by atoms with Gasteiger partial charge < -0.3 is 15.6 Å². The molecular weight excluding hydrogens is 223 g/mol. The quantitative estimate of drug-likeness (QED) is 0.791. The van der Waals surface area contributed by atoms with Gasteiger partial charge in [0.1, 0.15) is 5.82 Å². The summed E-state index contributed by atoms with van der Waals surface area (Å²) in [6.45, 7) is 2.29. The first-order valence-corrected chi connectivity index (χ1v) is 5.22. The van der Waals surface area contributed by atoms with Crippen LogP contribution in [0.25, 0.3) is 0 Å². The average molecular weight is 236 g/mol. The summed E-state index contributed by atoms with van der Waals surface area (Å²) in [7, 11) is 0. The summed E-state index contributed by atoms with van der Waals surface area (Å²) < 4.78 is 18.0. The topological polar surface area (TPSA) is 77.0 Å². The second-order valence-electron chi connectivity index (χ2n) is 3.70. The Hall–Kier alpha value is -2.11. The molecule has 0 amide bonds. The van der Waals surface area contributed by atoms with E-state index in [1.807, 2.05) is 0 Å². The summed E-state index contributed by atoms with van der Waals surface area (Å²) in [5, 5.41) is 6.60. The van der Waals surface area contributed by atoms with Gasteiger partial charge in [0, 0.05) is 13.0 Å². The lowest BCUT2D eigenvalue weighted by Gasteiger charge is -2.09. The Balaban J connectivity index is 1.97. The van der Waals surface area contributed by atoms with Gasteiger partial charge in [-0.15, -0.1) is 0 Å². The minimum atomic E-state index is -0.301. The second-order valence-corrected chi connectivity index (χ2v) is 3.70. The number of anilines is 2. The zero-order valence-corrected chi connectivity index (χ0v) is 9.40. The number of nitrogens with zero attached hydrogens (tertiary/aromatic N) is 2. The highest BCUT2D eigenvalue weighted by molar-refractivity contribution is 5.67. The van der Waals surface area contributed by atoms with Gasteiger partial charge in [0.15, 0.2) is 6.33 Å². The Bertz CT molecular complexity index is 498. The number of aromatic nitrogens is 2. The van der Waals surface area contributed by atoms with E-state index in [0.717, 1.165) is 0 Å². The van der Waals surface area contributed by atoms with E-state index in [2.05, 4.69) is 15.5 Å². The molecule has 6 heteroatoms. The Morgan fingerprint density at radius 1 is 1.47 bits per heavy atom. The number of benzene rings is 1. The predicted molar refractivity (Wildman–Crippen MR) is 62.0 cm³/mol. The van der Waals surface area contributed by atoms with Gasteiger partial charge in [0.05, 0.1) is 11.4 Å². The first-order valence-electron chi connectivity index (χ1n) is 5.22. The van der Waals surface area contributed by atoms with Crippen LogP contribution >= 0.6 is 0 Å². The normalized spacial score (nSPS) is 10.5. The van der Waals surface area contributed by atoms with Crippen molar-refractivity contribution in [2.75, 3.05) is 17.6 Å². The highest BCUT2D eigenvalue weighted by Gasteiger charge is 2.05. The molecule has 2 rings (SSSR count). The minimum absolute atomic E-state index is 0.301. The van der Waals surface area contributed by atoms with Crippen LogP contribution in [0.1, 0.15) is 11.5 Å². The van der Waals surface area contributed by atoms with Crippen LogP contribution < -0.4 is 11.1 Å². The molecule has 0 unspecified atom stereocenters. The number of halogens is 1. The lowest BCUT2D eigenvalue weighted by atomic mass is 10.2. The average Bonchev–Trinajstić information content (AvgIpc) is 2.78. The smallest absolute Gasteiger partial charge is 0.228 e. The van der Waals surface area contributed by atoms with Crippen LogP contribution in [0.5, 0.6) is 0 Å². The van der Waals surface area contributed by atoms with Crippen LogP contribution in [-0.2, 0) is 6.42 Å². The van der Waals surface area contributed by atoms with Crippen LogP contribution in [0.15, 0.2) is 23.0 Å². The fourth-order valence-electron chi connectivity index (χ4n) is 1.46. The molecule has 0 spiro atoms. The molecule has 0 radical (unpaired) electrons. The molecule has 0 saturated carbocycles. The minimum Gasteiger partial charge on any atom is -0.397 e. The monoisotopic (exact) mass is 236 g/mol. The van der Waals surface area contributed by atoms with Gasteiger partial charge >= 0.3 is 0 Å². The van der Waals surface area contributed by atoms with Gasteiger partial charge in [-0.1, -0.05) is 5.16 Å². The van der Waals surface area contributed by atoms with E-state index in [4.69, 9.17) is 10.3 Å². The van der Waals surface area contributed by atoms with E-state index in [9.17, 15) is 4.39 Å². The molecule has 1 aromatic carbocycles.